The molecule has 0 N–H and O–H groups in total. The number of carbonyl (C=O) groups is 1. The molecule has 0 spiro atoms. The van der Waals surface area contributed by atoms with E-state index in [0.717, 1.165) is 48.7 Å². The molecule has 0 radical (unpaired) electrons. The van der Waals surface area contributed by atoms with E-state index < -0.39 is 0 Å². The highest BCUT2D eigenvalue weighted by atomic mass is 79.9. The van der Waals surface area contributed by atoms with E-state index in [1.165, 1.54) is 11.1 Å². The van der Waals surface area contributed by atoms with Crippen molar-refractivity contribution < 1.29 is 4.79 Å². The van der Waals surface area contributed by atoms with Crippen molar-refractivity contribution in [2.45, 2.75) is 30.8 Å². The lowest BCUT2D eigenvalue weighted by Crippen LogP contribution is -2.28. The molecule has 0 fully saturated rings. The van der Waals surface area contributed by atoms with E-state index in [2.05, 4.69) is 76.1 Å². The summed E-state index contributed by atoms with van der Waals surface area (Å²) in [6.45, 7) is 2.81. The fraction of sp³-hybridized carbons (Fsp3) is 0.152. The first kappa shape index (κ1) is 26.9. The molecule has 40 heavy (non-hydrogen) atoms. The fourth-order valence-electron chi connectivity index (χ4n) is 5.06. The predicted octanol–water partition coefficient (Wildman–Crippen LogP) is 8.88. The molecule has 2 heterocycles. The summed E-state index contributed by atoms with van der Waals surface area (Å²) in [6.07, 6.45) is 2.83. The van der Waals surface area contributed by atoms with Crippen LogP contribution in [-0.4, -0.2) is 26.9 Å². The number of nitrogens with zero attached hydrogens (tertiary/aromatic N) is 3. The van der Waals surface area contributed by atoms with Gasteiger partial charge in [-0.25, -0.2) is 5.01 Å². The van der Waals surface area contributed by atoms with Gasteiger partial charge in [0, 0.05) is 44.5 Å². The lowest BCUT2D eigenvalue weighted by atomic mass is 9.98. The van der Waals surface area contributed by atoms with Crippen LogP contribution in [0.4, 0.5) is 0 Å². The Bertz CT molecular complexity index is 1700. The maximum absolute atomic E-state index is 13.7. The second-order valence-electron chi connectivity index (χ2n) is 9.98. The number of halogens is 2. The number of para-hydroxylation sites is 1. The van der Waals surface area contributed by atoms with Crippen LogP contribution >= 0.6 is 39.3 Å². The molecule has 1 atom stereocenters. The first-order valence-electron chi connectivity index (χ1n) is 13.1. The van der Waals surface area contributed by atoms with Gasteiger partial charge in [0.25, 0.3) is 5.91 Å². The molecule has 4 nitrogen and oxygen atoms in total. The van der Waals surface area contributed by atoms with Crippen LogP contribution < -0.4 is 0 Å². The standard InChI is InChI=1S/C33H27BrClN3OS/c1-22-6-10-25(11-7-22)31-18-29(24-12-14-26(34)15-13-24)36-38(31)33(39)21-40-32-20-37(30-5-3-2-4-28(30)32)19-23-8-16-27(35)17-9-23/h2-17,20,31H,18-19,21H2,1H3. The Hall–Kier alpha value is -3.32. The van der Waals surface area contributed by atoms with E-state index in [4.69, 9.17) is 16.7 Å². The molecule has 0 saturated carbocycles. The van der Waals surface area contributed by atoms with Crippen LogP contribution in [0.15, 0.2) is 118 Å². The summed E-state index contributed by atoms with van der Waals surface area (Å²) in [5, 5.41) is 8.44. The van der Waals surface area contributed by atoms with Crippen LogP contribution in [0.1, 0.15) is 34.7 Å². The quantitative estimate of drug-likeness (QED) is 0.169. The van der Waals surface area contributed by atoms with Gasteiger partial charge in [-0.05, 0) is 53.9 Å². The topological polar surface area (TPSA) is 37.6 Å². The molecule has 0 aliphatic carbocycles. The van der Waals surface area contributed by atoms with E-state index >= 15 is 0 Å². The zero-order valence-electron chi connectivity index (χ0n) is 21.9. The van der Waals surface area contributed by atoms with Gasteiger partial charge >= 0.3 is 0 Å². The highest BCUT2D eigenvalue weighted by Crippen LogP contribution is 2.36. The number of hydrazone groups is 1. The third-order valence-electron chi connectivity index (χ3n) is 7.17. The van der Waals surface area contributed by atoms with Crippen LogP contribution in [0.5, 0.6) is 0 Å². The van der Waals surface area contributed by atoms with Crippen molar-refractivity contribution in [3.8, 4) is 0 Å². The molecule has 1 unspecified atom stereocenters. The van der Waals surface area contributed by atoms with Crippen LogP contribution in [0.3, 0.4) is 0 Å². The minimum Gasteiger partial charge on any atom is -0.342 e. The summed E-state index contributed by atoms with van der Waals surface area (Å²) in [4.78, 5) is 14.8. The average Bonchev–Trinajstić information content (AvgIpc) is 3.56. The molecule has 1 aromatic heterocycles. The number of aryl methyl sites for hydroxylation is 1. The molecule has 5 aromatic rings. The number of thioether (sulfide) groups is 1. The largest absolute Gasteiger partial charge is 0.342 e. The molecule has 1 aliphatic rings. The first-order valence-corrected chi connectivity index (χ1v) is 15.3. The number of hydrogen-bond acceptors (Lipinski definition) is 3. The summed E-state index contributed by atoms with van der Waals surface area (Å²) < 4.78 is 3.25. The van der Waals surface area contributed by atoms with Crippen molar-refractivity contribution in [1.29, 1.82) is 0 Å². The van der Waals surface area contributed by atoms with E-state index in [9.17, 15) is 4.79 Å². The van der Waals surface area contributed by atoms with Gasteiger partial charge in [0.15, 0.2) is 0 Å². The van der Waals surface area contributed by atoms with Crippen molar-refractivity contribution in [3.63, 3.8) is 0 Å². The Balaban J connectivity index is 1.25. The van der Waals surface area contributed by atoms with Crippen LogP contribution in [0.2, 0.25) is 5.02 Å². The summed E-state index contributed by atoms with van der Waals surface area (Å²) in [6, 6.07) is 32.7. The van der Waals surface area contributed by atoms with Gasteiger partial charge in [0.05, 0.1) is 17.5 Å². The Morgan fingerprint density at radius 1 is 0.975 bits per heavy atom. The number of carbonyl (C=O) groups excluding carboxylic acids is 1. The van der Waals surface area contributed by atoms with Crippen LogP contribution in [0, 0.1) is 6.92 Å². The lowest BCUT2D eigenvalue weighted by molar-refractivity contribution is -0.130. The minimum atomic E-state index is -0.126. The molecule has 4 aromatic carbocycles. The molecule has 6 rings (SSSR count). The number of amides is 1. The number of benzene rings is 4. The van der Waals surface area contributed by atoms with Crippen molar-refractivity contribution in [2.75, 3.05) is 5.75 Å². The van der Waals surface area contributed by atoms with Gasteiger partial charge in [-0.2, -0.15) is 5.10 Å². The zero-order chi connectivity index (χ0) is 27.6. The smallest absolute Gasteiger partial charge is 0.253 e. The molecule has 200 valence electrons. The second-order valence-corrected chi connectivity index (χ2v) is 12.3. The molecule has 1 amide bonds. The Labute approximate surface area is 251 Å². The predicted molar refractivity (Wildman–Crippen MR) is 169 cm³/mol. The maximum Gasteiger partial charge on any atom is 0.253 e. The number of fused-ring (bicyclic) bond motifs is 1. The van der Waals surface area contributed by atoms with Crippen molar-refractivity contribution >= 4 is 61.8 Å². The highest BCUT2D eigenvalue weighted by molar-refractivity contribution is 9.10. The first-order chi connectivity index (χ1) is 19.4. The van der Waals surface area contributed by atoms with Crippen molar-refractivity contribution in [3.05, 3.63) is 135 Å². The van der Waals surface area contributed by atoms with Gasteiger partial charge < -0.3 is 4.57 Å². The molecular weight excluding hydrogens is 602 g/mol. The number of rotatable bonds is 7. The Kier molecular flexibility index (Phi) is 7.83. The summed E-state index contributed by atoms with van der Waals surface area (Å²) in [5.41, 5.74) is 6.57. The van der Waals surface area contributed by atoms with Crippen LogP contribution in [-0.2, 0) is 11.3 Å². The molecule has 0 saturated heterocycles. The summed E-state index contributed by atoms with van der Waals surface area (Å²) in [5.74, 6) is 0.297. The average molecular weight is 629 g/mol. The Morgan fingerprint density at radius 2 is 1.70 bits per heavy atom. The van der Waals surface area contributed by atoms with Crippen LogP contribution in [0.25, 0.3) is 10.9 Å². The molecular formula is C33H27BrClN3OS. The Morgan fingerprint density at radius 3 is 2.45 bits per heavy atom. The summed E-state index contributed by atoms with van der Waals surface area (Å²) in [7, 11) is 0. The second kappa shape index (κ2) is 11.7. The number of aromatic nitrogens is 1. The highest BCUT2D eigenvalue weighted by Gasteiger charge is 2.33. The third-order valence-corrected chi connectivity index (χ3v) is 8.98. The SMILES string of the molecule is Cc1ccc(C2CC(c3ccc(Br)cc3)=NN2C(=O)CSc2cn(Cc3ccc(Cl)cc3)c3ccccc23)cc1. The van der Waals surface area contributed by atoms with Crippen molar-refractivity contribution in [2.24, 2.45) is 5.10 Å². The molecule has 0 bridgehead atoms. The number of hydrogen-bond donors (Lipinski definition) is 0. The van der Waals surface area contributed by atoms with E-state index in [-0.39, 0.29) is 11.9 Å². The van der Waals surface area contributed by atoms with Gasteiger partial charge in [0.1, 0.15) is 0 Å². The van der Waals surface area contributed by atoms with E-state index in [1.807, 2.05) is 54.6 Å². The van der Waals surface area contributed by atoms with Gasteiger partial charge in [-0.3, -0.25) is 4.79 Å². The monoisotopic (exact) mass is 627 g/mol. The van der Waals surface area contributed by atoms with E-state index in [0.29, 0.717) is 12.2 Å². The zero-order valence-corrected chi connectivity index (χ0v) is 25.1. The van der Waals surface area contributed by atoms with E-state index in [1.54, 1.807) is 16.8 Å². The molecule has 1 aliphatic heterocycles. The normalized spacial score (nSPS) is 15.0. The minimum absolute atomic E-state index is 0.00257. The van der Waals surface area contributed by atoms with Crippen molar-refractivity contribution in [1.82, 2.24) is 9.58 Å². The van der Waals surface area contributed by atoms with Gasteiger partial charge in [0.2, 0.25) is 0 Å². The lowest BCUT2D eigenvalue weighted by Gasteiger charge is -2.22. The fourth-order valence-corrected chi connectivity index (χ4v) is 6.39. The third kappa shape index (κ3) is 5.75. The van der Waals surface area contributed by atoms with Gasteiger partial charge in [-0.15, -0.1) is 11.8 Å². The maximum atomic E-state index is 13.7. The summed E-state index contributed by atoms with van der Waals surface area (Å²) >= 11 is 11.2. The molecule has 7 heteroatoms. The van der Waals surface area contributed by atoms with Gasteiger partial charge in [-0.1, -0.05) is 99.8 Å².